The maximum absolute atomic E-state index is 11.4. The SMILES string of the molecule is CCCCCCCCC(=O)NN=Cc1ccsc1. The van der Waals surface area contributed by atoms with Crippen LogP contribution in [0.4, 0.5) is 0 Å². The van der Waals surface area contributed by atoms with Gasteiger partial charge < -0.3 is 0 Å². The van der Waals surface area contributed by atoms with Crippen molar-refractivity contribution < 1.29 is 4.79 Å². The fourth-order valence-electron chi connectivity index (χ4n) is 1.65. The number of nitrogens with one attached hydrogen (secondary N) is 1. The Kier molecular flexibility index (Phi) is 8.13. The number of carbonyl (C=O) groups excluding carboxylic acids is 1. The van der Waals surface area contributed by atoms with Crippen molar-refractivity contribution in [2.45, 2.75) is 51.9 Å². The molecule has 1 aromatic rings. The second kappa shape index (κ2) is 9.83. The summed E-state index contributed by atoms with van der Waals surface area (Å²) < 4.78 is 0. The van der Waals surface area contributed by atoms with Gasteiger partial charge in [-0.15, -0.1) is 0 Å². The van der Waals surface area contributed by atoms with E-state index < -0.39 is 0 Å². The molecule has 0 atom stereocenters. The van der Waals surface area contributed by atoms with Crippen molar-refractivity contribution in [2.75, 3.05) is 0 Å². The van der Waals surface area contributed by atoms with Crippen molar-refractivity contribution >= 4 is 23.5 Å². The van der Waals surface area contributed by atoms with E-state index in [0.29, 0.717) is 6.42 Å². The molecule has 3 nitrogen and oxygen atoms in total. The molecule has 1 amide bonds. The van der Waals surface area contributed by atoms with E-state index in [1.165, 1.54) is 25.7 Å². The molecule has 0 radical (unpaired) electrons. The van der Waals surface area contributed by atoms with Crippen LogP contribution in [0.25, 0.3) is 0 Å². The molecule has 1 heterocycles. The number of thiophene rings is 1. The third-order valence-corrected chi connectivity index (χ3v) is 3.40. The Morgan fingerprint density at radius 2 is 2.11 bits per heavy atom. The maximum atomic E-state index is 11.4. The highest BCUT2D eigenvalue weighted by Crippen LogP contribution is 2.06. The highest BCUT2D eigenvalue weighted by Gasteiger charge is 1.98. The van der Waals surface area contributed by atoms with E-state index >= 15 is 0 Å². The van der Waals surface area contributed by atoms with Gasteiger partial charge in [-0.2, -0.15) is 16.4 Å². The monoisotopic (exact) mass is 266 g/mol. The van der Waals surface area contributed by atoms with Crippen molar-refractivity contribution in [3.05, 3.63) is 22.4 Å². The zero-order valence-electron chi connectivity index (χ0n) is 11.0. The molecule has 0 fully saturated rings. The molecule has 0 saturated heterocycles. The Morgan fingerprint density at radius 3 is 2.83 bits per heavy atom. The van der Waals surface area contributed by atoms with Crippen LogP contribution in [0.5, 0.6) is 0 Å². The van der Waals surface area contributed by atoms with Crippen molar-refractivity contribution in [3.8, 4) is 0 Å². The van der Waals surface area contributed by atoms with Crippen molar-refractivity contribution in [2.24, 2.45) is 5.10 Å². The van der Waals surface area contributed by atoms with Gasteiger partial charge in [0.2, 0.25) is 5.91 Å². The minimum Gasteiger partial charge on any atom is -0.273 e. The van der Waals surface area contributed by atoms with Gasteiger partial charge in [0.15, 0.2) is 0 Å². The van der Waals surface area contributed by atoms with E-state index in [0.717, 1.165) is 18.4 Å². The molecule has 18 heavy (non-hydrogen) atoms. The second-order valence-corrected chi connectivity index (χ2v) is 5.15. The summed E-state index contributed by atoms with van der Waals surface area (Å²) >= 11 is 1.62. The first-order valence-electron chi connectivity index (χ1n) is 6.67. The number of amides is 1. The first-order chi connectivity index (χ1) is 8.83. The highest BCUT2D eigenvalue weighted by atomic mass is 32.1. The van der Waals surface area contributed by atoms with Crippen LogP contribution in [0.2, 0.25) is 0 Å². The van der Waals surface area contributed by atoms with Crippen LogP contribution in [0.15, 0.2) is 21.9 Å². The van der Waals surface area contributed by atoms with Crippen LogP contribution >= 0.6 is 11.3 Å². The summed E-state index contributed by atoms with van der Waals surface area (Å²) in [5.41, 5.74) is 3.59. The zero-order chi connectivity index (χ0) is 13.1. The lowest BCUT2D eigenvalue weighted by molar-refractivity contribution is -0.121. The number of carbonyl (C=O) groups is 1. The average molecular weight is 266 g/mol. The van der Waals surface area contributed by atoms with Gasteiger partial charge in [-0.25, -0.2) is 5.43 Å². The lowest BCUT2D eigenvalue weighted by Gasteiger charge is -2.00. The molecule has 0 aliphatic rings. The molecule has 4 heteroatoms. The molecule has 0 aromatic carbocycles. The third kappa shape index (κ3) is 7.22. The predicted octanol–water partition coefficient (Wildman–Crippen LogP) is 3.95. The van der Waals surface area contributed by atoms with Crippen molar-refractivity contribution in [1.29, 1.82) is 0 Å². The van der Waals surface area contributed by atoms with E-state index in [4.69, 9.17) is 0 Å². The Hall–Kier alpha value is -1.16. The Labute approximate surface area is 113 Å². The molecule has 0 unspecified atom stereocenters. The van der Waals surface area contributed by atoms with Crippen LogP contribution in [0, 0.1) is 0 Å². The van der Waals surface area contributed by atoms with E-state index in [1.807, 2.05) is 16.8 Å². The number of rotatable bonds is 9. The van der Waals surface area contributed by atoms with Crippen molar-refractivity contribution in [3.63, 3.8) is 0 Å². The number of unbranched alkanes of at least 4 members (excludes halogenated alkanes) is 5. The maximum Gasteiger partial charge on any atom is 0.240 e. The minimum absolute atomic E-state index is 0.0111. The number of hydrazone groups is 1. The third-order valence-electron chi connectivity index (χ3n) is 2.70. The van der Waals surface area contributed by atoms with Gasteiger partial charge in [-0.3, -0.25) is 4.79 Å². The molecule has 0 spiro atoms. The molecule has 0 bridgehead atoms. The number of nitrogens with zero attached hydrogens (tertiary/aromatic N) is 1. The first-order valence-corrected chi connectivity index (χ1v) is 7.61. The fraction of sp³-hybridized carbons (Fsp3) is 0.571. The van der Waals surface area contributed by atoms with E-state index in [2.05, 4.69) is 17.5 Å². The Morgan fingerprint density at radius 1 is 1.33 bits per heavy atom. The molecule has 0 saturated carbocycles. The van der Waals surface area contributed by atoms with Gasteiger partial charge in [0.1, 0.15) is 0 Å². The van der Waals surface area contributed by atoms with Gasteiger partial charge in [0.05, 0.1) is 6.21 Å². The summed E-state index contributed by atoms with van der Waals surface area (Å²) in [4.78, 5) is 11.4. The van der Waals surface area contributed by atoms with Gasteiger partial charge in [-0.1, -0.05) is 39.0 Å². The Bertz CT molecular complexity index is 347. The topological polar surface area (TPSA) is 41.5 Å². The standard InChI is InChI=1S/C14H22N2OS/c1-2-3-4-5-6-7-8-14(17)16-15-11-13-9-10-18-12-13/h9-12H,2-8H2,1H3,(H,16,17). The molecule has 0 aliphatic heterocycles. The summed E-state index contributed by atoms with van der Waals surface area (Å²) in [6.07, 6.45) is 9.44. The largest absolute Gasteiger partial charge is 0.273 e. The van der Waals surface area contributed by atoms with Crippen molar-refractivity contribution in [1.82, 2.24) is 5.43 Å². The smallest absolute Gasteiger partial charge is 0.240 e. The molecule has 1 N–H and O–H groups in total. The van der Waals surface area contributed by atoms with Gasteiger partial charge in [0.25, 0.3) is 0 Å². The first kappa shape index (κ1) is 14.9. The van der Waals surface area contributed by atoms with Gasteiger partial charge in [-0.05, 0) is 23.2 Å². The van der Waals surface area contributed by atoms with E-state index in [1.54, 1.807) is 17.6 Å². The molecule has 0 aliphatic carbocycles. The second-order valence-electron chi connectivity index (χ2n) is 4.37. The average Bonchev–Trinajstić information content (AvgIpc) is 2.87. The summed E-state index contributed by atoms with van der Waals surface area (Å²) in [6, 6.07) is 1.97. The normalized spacial score (nSPS) is 10.9. The van der Waals surface area contributed by atoms with E-state index in [-0.39, 0.29) is 5.91 Å². The van der Waals surface area contributed by atoms with Crippen LogP contribution in [0.3, 0.4) is 0 Å². The van der Waals surface area contributed by atoms with Gasteiger partial charge >= 0.3 is 0 Å². The summed E-state index contributed by atoms with van der Waals surface area (Å²) in [5.74, 6) is 0.0111. The highest BCUT2D eigenvalue weighted by molar-refractivity contribution is 7.08. The lowest BCUT2D eigenvalue weighted by atomic mass is 10.1. The summed E-state index contributed by atoms with van der Waals surface area (Å²) in [5, 5.41) is 7.90. The van der Waals surface area contributed by atoms with Crippen LogP contribution < -0.4 is 5.43 Å². The Balaban J connectivity index is 2.00. The zero-order valence-corrected chi connectivity index (χ0v) is 11.8. The molecular formula is C14H22N2OS. The minimum atomic E-state index is 0.0111. The van der Waals surface area contributed by atoms with E-state index in [9.17, 15) is 4.79 Å². The quantitative estimate of drug-likeness (QED) is 0.410. The molecule has 1 aromatic heterocycles. The van der Waals surface area contributed by atoms with Crippen LogP contribution in [-0.2, 0) is 4.79 Å². The molecule has 100 valence electrons. The van der Waals surface area contributed by atoms with Crippen LogP contribution in [-0.4, -0.2) is 12.1 Å². The lowest BCUT2D eigenvalue weighted by Crippen LogP contribution is -2.16. The summed E-state index contributed by atoms with van der Waals surface area (Å²) in [7, 11) is 0. The predicted molar refractivity (Wildman–Crippen MR) is 78.0 cm³/mol. The van der Waals surface area contributed by atoms with Crippen LogP contribution in [0.1, 0.15) is 57.4 Å². The molecular weight excluding hydrogens is 244 g/mol. The molecule has 1 rings (SSSR count). The van der Waals surface area contributed by atoms with Gasteiger partial charge in [0, 0.05) is 12.0 Å². The fourth-order valence-corrected chi connectivity index (χ4v) is 2.26. The summed E-state index contributed by atoms with van der Waals surface area (Å²) in [6.45, 7) is 2.21. The number of hydrogen-bond acceptors (Lipinski definition) is 3. The number of hydrogen-bond donors (Lipinski definition) is 1.